The highest BCUT2D eigenvalue weighted by atomic mass is 32.2. The van der Waals surface area contributed by atoms with Crippen molar-refractivity contribution in [2.75, 3.05) is 7.11 Å². The molecular formula is C23H28N4O2S. The predicted octanol–water partition coefficient (Wildman–Crippen LogP) is 4.68. The van der Waals surface area contributed by atoms with Crippen LogP contribution in [0.15, 0.2) is 53.7 Å². The predicted molar refractivity (Wildman–Crippen MR) is 120 cm³/mol. The summed E-state index contributed by atoms with van der Waals surface area (Å²) in [5, 5.41) is 12.5. The van der Waals surface area contributed by atoms with Gasteiger partial charge in [-0.2, -0.15) is 0 Å². The molecule has 6 nitrogen and oxygen atoms in total. The van der Waals surface area contributed by atoms with E-state index in [1.165, 1.54) is 5.56 Å². The summed E-state index contributed by atoms with van der Waals surface area (Å²) in [6.45, 7) is 4.49. The van der Waals surface area contributed by atoms with Crippen LogP contribution in [0.2, 0.25) is 0 Å². The molecule has 7 heteroatoms. The van der Waals surface area contributed by atoms with Crippen LogP contribution in [0.3, 0.4) is 0 Å². The monoisotopic (exact) mass is 424 g/mol. The molecule has 0 bridgehead atoms. The molecule has 0 aliphatic heterocycles. The van der Waals surface area contributed by atoms with Gasteiger partial charge in [-0.25, -0.2) is 0 Å². The molecule has 3 aromatic rings. The summed E-state index contributed by atoms with van der Waals surface area (Å²) < 4.78 is 7.33. The highest BCUT2D eigenvalue weighted by molar-refractivity contribution is 7.98. The van der Waals surface area contributed by atoms with Crippen molar-refractivity contribution in [2.45, 2.75) is 50.6 Å². The maximum absolute atomic E-state index is 12.1. The molecule has 0 saturated heterocycles. The van der Waals surface area contributed by atoms with Crippen molar-refractivity contribution >= 4 is 17.7 Å². The zero-order valence-electron chi connectivity index (χ0n) is 17.7. The Morgan fingerprint density at radius 2 is 1.97 bits per heavy atom. The number of carbonyl (C=O) groups is 1. The van der Waals surface area contributed by atoms with Gasteiger partial charge in [0.1, 0.15) is 5.75 Å². The van der Waals surface area contributed by atoms with Crippen LogP contribution < -0.4 is 10.1 Å². The van der Waals surface area contributed by atoms with Gasteiger partial charge >= 0.3 is 0 Å². The summed E-state index contributed by atoms with van der Waals surface area (Å²) >= 11 is 1.61. The van der Waals surface area contributed by atoms with E-state index in [9.17, 15) is 4.79 Å². The topological polar surface area (TPSA) is 69.0 Å². The van der Waals surface area contributed by atoms with E-state index in [-0.39, 0.29) is 5.91 Å². The van der Waals surface area contributed by atoms with Gasteiger partial charge in [-0.1, -0.05) is 54.9 Å². The normalized spacial score (nSPS) is 10.8. The van der Waals surface area contributed by atoms with Gasteiger partial charge in [0.25, 0.3) is 0 Å². The van der Waals surface area contributed by atoms with Gasteiger partial charge < -0.3 is 10.1 Å². The van der Waals surface area contributed by atoms with Crippen molar-refractivity contribution in [1.82, 2.24) is 20.1 Å². The standard InChI is InChI=1S/C23H28N4O2S/c1-4-5-9-22(28)24-15-21-25-26-23(27(21)19-12-10-17(2)11-13-19)30-16-18-7-6-8-20(14-18)29-3/h6-8,10-14H,4-5,9,15-16H2,1-3H3,(H,24,28). The minimum absolute atomic E-state index is 0.0425. The number of nitrogens with one attached hydrogen (secondary N) is 1. The highest BCUT2D eigenvalue weighted by Crippen LogP contribution is 2.26. The van der Waals surface area contributed by atoms with E-state index in [1.54, 1.807) is 18.9 Å². The van der Waals surface area contributed by atoms with Gasteiger partial charge in [0.05, 0.1) is 13.7 Å². The molecule has 1 amide bonds. The SMILES string of the molecule is CCCCC(=O)NCc1nnc(SCc2cccc(OC)c2)n1-c1ccc(C)cc1. The number of nitrogens with zero attached hydrogens (tertiary/aromatic N) is 3. The molecule has 0 spiro atoms. The average molecular weight is 425 g/mol. The smallest absolute Gasteiger partial charge is 0.220 e. The quantitative estimate of drug-likeness (QED) is 0.479. The van der Waals surface area contributed by atoms with E-state index in [0.717, 1.165) is 46.6 Å². The number of aryl methyl sites for hydroxylation is 1. The minimum Gasteiger partial charge on any atom is -0.497 e. The van der Waals surface area contributed by atoms with Gasteiger partial charge in [0, 0.05) is 17.9 Å². The fourth-order valence-electron chi connectivity index (χ4n) is 2.97. The number of ether oxygens (including phenoxy) is 1. The van der Waals surface area contributed by atoms with Gasteiger partial charge in [-0.05, 0) is 43.2 Å². The largest absolute Gasteiger partial charge is 0.497 e. The Hall–Kier alpha value is -2.80. The highest BCUT2D eigenvalue weighted by Gasteiger charge is 2.15. The third-order valence-corrected chi connectivity index (χ3v) is 5.70. The molecule has 0 aliphatic rings. The molecule has 0 fully saturated rings. The molecule has 1 heterocycles. The summed E-state index contributed by atoms with van der Waals surface area (Å²) in [6, 6.07) is 16.2. The van der Waals surface area contributed by atoms with Crippen LogP contribution >= 0.6 is 11.8 Å². The molecule has 2 aromatic carbocycles. The Bertz CT molecular complexity index is 970. The number of rotatable bonds is 10. The number of thioether (sulfide) groups is 1. The zero-order chi connectivity index (χ0) is 21.3. The molecule has 0 saturated carbocycles. The lowest BCUT2D eigenvalue weighted by atomic mass is 10.2. The summed E-state index contributed by atoms with van der Waals surface area (Å²) in [4.78, 5) is 12.1. The first-order valence-corrected chi connectivity index (χ1v) is 11.1. The molecule has 3 rings (SSSR count). The summed E-state index contributed by atoms with van der Waals surface area (Å²) in [6.07, 6.45) is 2.42. The first kappa shape index (κ1) is 21.9. The number of amides is 1. The first-order chi connectivity index (χ1) is 14.6. The second-order valence-corrected chi connectivity index (χ2v) is 8.03. The third kappa shape index (κ3) is 5.86. The van der Waals surface area contributed by atoms with Crippen LogP contribution in [-0.4, -0.2) is 27.8 Å². The summed E-state index contributed by atoms with van der Waals surface area (Å²) in [7, 11) is 1.67. The molecule has 158 valence electrons. The van der Waals surface area contributed by atoms with Crippen LogP contribution in [0.25, 0.3) is 5.69 Å². The molecular weight excluding hydrogens is 396 g/mol. The second kappa shape index (κ2) is 10.8. The van der Waals surface area contributed by atoms with E-state index >= 15 is 0 Å². The fourth-order valence-corrected chi connectivity index (χ4v) is 3.89. The van der Waals surface area contributed by atoms with Crippen molar-refractivity contribution in [3.05, 3.63) is 65.5 Å². The number of carbonyl (C=O) groups excluding carboxylic acids is 1. The van der Waals surface area contributed by atoms with Crippen molar-refractivity contribution < 1.29 is 9.53 Å². The van der Waals surface area contributed by atoms with Gasteiger partial charge in [-0.15, -0.1) is 10.2 Å². The van der Waals surface area contributed by atoms with Crippen molar-refractivity contribution in [1.29, 1.82) is 0 Å². The molecule has 0 atom stereocenters. The number of methoxy groups -OCH3 is 1. The minimum atomic E-state index is 0.0425. The molecule has 1 aromatic heterocycles. The van der Waals surface area contributed by atoms with Crippen LogP contribution in [0.5, 0.6) is 5.75 Å². The van der Waals surface area contributed by atoms with Crippen LogP contribution in [0.4, 0.5) is 0 Å². The number of hydrogen-bond donors (Lipinski definition) is 1. The van der Waals surface area contributed by atoms with Gasteiger partial charge in [0.2, 0.25) is 5.91 Å². The van der Waals surface area contributed by atoms with Crippen molar-refractivity contribution in [2.24, 2.45) is 0 Å². The lowest BCUT2D eigenvalue weighted by Gasteiger charge is -2.11. The van der Waals surface area contributed by atoms with E-state index in [2.05, 4.69) is 59.7 Å². The number of aromatic nitrogens is 3. The van der Waals surface area contributed by atoms with Crippen LogP contribution in [0, 0.1) is 6.92 Å². The van der Waals surface area contributed by atoms with E-state index in [4.69, 9.17) is 4.74 Å². The Labute approximate surface area is 182 Å². The first-order valence-electron chi connectivity index (χ1n) is 10.1. The molecule has 0 radical (unpaired) electrons. The Kier molecular flexibility index (Phi) is 7.90. The zero-order valence-corrected chi connectivity index (χ0v) is 18.5. The lowest BCUT2D eigenvalue weighted by Crippen LogP contribution is -2.24. The Morgan fingerprint density at radius 1 is 1.17 bits per heavy atom. The summed E-state index contributed by atoms with van der Waals surface area (Å²) in [5.74, 6) is 2.34. The molecule has 30 heavy (non-hydrogen) atoms. The number of hydrogen-bond acceptors (Lipinski definition) is 5. The number of benzene rings is 2. The molecule has 1 N–H and O–H groups in total. The lowest BCUT2D eigenvalue weighted by molar-refractivity contribution is -0.121. The number of unbranched alkanes of at least 4 members (excludes halogenated alkanes) is 1. The fraction of sp³-hybridized carbons (Fsp3) is 0.348. The van der Waals surface area contributed by atoms with E-state index in [1.807, 2.05) is 22.8 Å². The van der Waals surface area contributed by atoms with E-state index < -0.39 is 0 Å². The third-order valence-electron chi connectivity index (χ3n) is 4.70. The maximum atomic E-state index is 12.1. The van der Waals surface area contributed by atoms with Crippen LogP contribution in [0.1, 0.15) is 43.1 Å². The van der Waals surface area contributed by atoms with Crippen molar-refractivity contribution in [3.63, 3.8) is 0 Å². The van der Waals surface area contributed by atoms with Gasteiger partial charge in [0.15, 0.2) is 11.0 Å². The van der Waals surface area contributed by atoms with Gasteiger partial charge in [-0.3, -0.25) is 9.36 Å². The Morgan fingerprint density at radius 3 is 2.70 bits per heavy atom. The molecule has 0 unspecified atom stereocenters. The molecule has 0 aliphatic carbocycles. The Balaban J connectivity index is 1.80. The maximum Gasteiger partial charge on any atom is 0.220 e. The summed E-state index contributed by atoms with van der Waals surface area (Å²) in [5.41, 5.74) is 3.32. The van der Waals surface area contributed by atoms with Crippen molar-refractivity contribution in [3.8, 4) is 11.4 Å². The van der Waals surface area contributed by atoms with Crippen LogP contribution in [-0.2, 0) is 17.1 Å². The van der Waals surface area contributed by atoms with E-state index in [0.29, 0.717) is 13.0 Å². The average Bonchev–Trinajstić information content (AvgIpc) is 3.18. The second-order valence-electron chi connectivity index (χ2n) is 7.09.